The molecule has 0 saturated heterocycles. The quantitative estimate of drug-likeness (QED) is 0.688. The summed E-state index contributed by atoms with van der Waals surface area (Å²) in [5.74, 6) is 0.895. The zero-order valence-corrected chi connectivity index (χ0v) is 14.4. The van der Waals surface area contributed by atoms with Crippen LogP contribution in [0.2, 0.25) is 0 Å². The van der Waals surface area contributed by atoms with Gasteiger partial charge in [-0.3, -0.25) is 0 Å². The average Bonchev–Trinajstić information content (AvgIpc) is 2.58. The van der Waals surface area contributed by atoms with Crippen LogP contribution in [-0.2, 0) is 16.3 Å². The molecule has 1 atom stereocenters. The van der Waals surface area contributed by atoms with E-state index in [1.165, 1.54) is 6.26 Å². The second-order valence-electron chi connectivity index (χ2n) is 5.99. The van der Waals surface area contributed by atoms with Gasteiger partial charge in [-0.05, 0) is 42.8 Å². The van der Waals surface area contributed by atoms with E-state index in [-0.39, 0.29) is 0 Å². The summed E-state index contributed by atoms with van der Waals surface area (Å²) in [4.78, 5) is 4.69. The number of nitrogens with zero attached hydrogens (tertiary/aromatic N) is 1. The normalized spacial score (nSPS) is 16.8. The minimum Gasteiger partial charge on any atom is -0.380 e. The van der Waals surface area contributed by atoms with E-state index in [0.717, 1.165) is 43.1 Å². The van der Waals surface area contributed by atoms with Crippen LogP contribution in [0.4, 0.5) is 11.5 Å². The van der Waals surface area contributed by atoms with Crippen LogP contribution >= 0.6 is 0 Å². The van der Waals surface area contributed by atoms with E-state index in [1.807, 2.05) is 24.3 Å². The van der Waals surface area contributed by atoms with Crippen LogP contribution < -0.4 is 16.0 Å². The van der Waals surface area contributed by atoms with Crippen LogP contribution in [0, 0.1) is 0 Å². The summed E-state index contributed by atoms with van der Waals surface area (Å²) in [6, 6.07) is 11.3. The Morgan fingerprint density at radius 3 is 2.79 bits per heavy atom. The van der Waals surface area contributed by atoms with Crippen molar-refractivity contribution in [3.05, 3.63) is 48.2 Å². The van der Waals surface area contributed by atoms with E-state index in [9.17, 15) is 8.42 Å². The van der Waals surface area contributed by atoms with Crippen molar-refractivity contribution >= 4 is 21.3 Å². The van der Waals surface area contributed by atoms with Gasteiger partial charge < -0.3 is 16.0 Å². The van der Waals surface area contributed by atoms with Gasteiger partial charge in [0.1, 0.15) is 5.82 Å². The largest absolute Gasteiger partial charge is 0.380 e. The van der Waals surface area contributed by atoms with Crippen molar-refractivity contribution in [1.82, 2.24) is 10.3 Å². The first-order chi connectivity index (χ1) is 11.5. The first-order valence-electron chi connectivity index (χ1n) is 7.97. The molecule has 1 aromatic heterocycles. The number of nitrogens with one attached hydrogen (secondary N) is 3. The first-order valence-corrected chi connectivity index (χ1v) is 9.87. The first kappa shape index (κ1) is 16.7. The van der Waals surface area contributed by atoms with Gasteiger partial charge >= 0.3 is 0 Å². The fourth-order valence-corrected chi connectivity index (χ4v) is 3.31. The highest BCUT2D eigenvalue weighted by molar-refractivity contribution is 7.90. The predicted octanol–water partition coefficient (Wildman–Crippen LogP) is 1.52. The van der Waals surface area contributed by atoms with Gasteiger partial charge in [-0.1, -0.05) is 12.1 Å². The summed E-state index contributed by atoms with van der Waals surface area (Å²) in [6.07, 6.45) is 3.87. The van der Waals surface area contributed by atoms with Crippen molar-refractivity contribution in [2.75, 3.05) is 36.5 Å². The van der Waals surface area contributed by atoms with Gasteiger partial charge in [0.15, 0.2) is 9.84 Å². The van der Waals surface area contributed by atoms with Crippen LogP contribution in [0.3, 0.4) is 0 Å². The highest BCUT2D eigenvalue weighted by atomic mass is 32.2. The van der Waals surface area contributed by atoms with Crippen molar-refractivity contribution in [1.29, 1.82) is 0 Å². The molecule has 0 unspecified atom stereocenters. The predicted molar refractivity (Wildman–Crippen MR) is 96.3 cm³/mol. The van der Waals surface area contributed by atoms with Crippen molar-refractivity contribution < 1.29 is 8.42 Å². The van der Waals surface area contributed by atoms with Gasteiger partial charge in [0.25, 0.3) is 0 Å². The number of rotatable bonds is 6. The van der Waals surface area contributed by atoms with Crippen LogP contribution in [0.25, 0.3) is 0 Å². The molecule has 7 heteroatoms. The van der Waals surface area contributed by atoms with E-state index in [2.05, 4.69) is 20.9 Å². The van der Waals surface area contributed by atoms with Crippen LogP contribution in [-0.4, -0.2) is 45.3 Å². The van der Waals surface area contributed by atoms with Crippen LogP contribution in [0.1, 0.15) is 5.56 Å². The fourth-order valence-electron chi connectivity index (χ4n) is 2.68. The van der Waals surface area contributed by atoms with Crippen LogP contribution in [0.15, 0.2) is 47.5 Å². The third-order valence-electron chi connectivity index (χ3n) is 4.02. The molecule has 3 rings (SSSR count). The number of fused-ring (bicyclic) bond motifs is 1. The summed E-state index contributed by atoms with van der Waals surface area (Å²) < 4.78 is 22.9. The molecular weight excluding hydrogens is 324 g/mol. The Morgan fingerprint density at radius 1 is 1.25 bits per heavy atom. The molecule has 0 bridgehead atoms. The SMILES string of the molecule is CS(=O)(=O)c1ccc(CCNC[C@H]2CNc3cccnc3N2)cc1. The lowest BCUT2D eigenvalue weighted by atomic mass is 10.1. The Labute approximate surface area is 142 Å². The van der Waals surface area contributed by atoms with Crippen LogP contribution in [0.5, 0.6) is 0 Å². The molecule has 1 aromatic carbocycles. The van der Waals surface area contributed by atoms with Gasteiger partial charge in [0, 0.05) is 25.5 Å². The molecule has 2 aromatic rings. The fraction of sp³-hybridized carbons (Fsp3) is 0.353. The number of sulfone groups is 1. The maximum atomic E-state index is 11.4. The molecule has 3 N–H and O–H groups in total. The number of benzene rings is 1. The second kappa shape index (κ2) is 7.19. The van der Waals surface area contributed by atoms with Crippen molar-refractivity contribution in [3.8, 4) is 0 Å². The van der Waals surface area contributed by atoms with E-state index >= 15 is 0 Å². The Morgan fingerprint density at radius 2 is 2.04 bits per heavy atom. The monoisotopic (exact) mass is 346 g/mol. The summed E-state index contributed by atoms with van der Waals surface area (Å²) >= 11 is 0. The number of hydrogen-bond donors (Lipinski definition) is 3. The van der Waals surface area contributed by atoms with E-state index in [4.69, 9.17) is 0 Å². The lowest BCUT2D eigenvalue weighted by Gasteiger charge is -2.27. The molecule has 1 aliphatic rings. The zero-order chi connectivity index (χ0) is 17.0. The molecule has 1 aliphatic heterocycles. The van der Waals surface area contributed by atoms with Crippen molar-refractivity contribution in [3.63, 3.8) is 0 Å². The topological polar surface area (TPSA) is 83.1 Å². The average molecular weight is 346 g/mol. The van der Waals surface area contributed by atoms with E-state index < -0.39 is 9.84 Å². The maximum Gasteiger partial charge on any atom is 0.175 e. The standard InChI is InChI=1S/C17H22N4O2S/c1-24(22,23)15-6-4-13(5-7-15)8-10-18-11-14-12-20-16-3-2-9-19-17(16)21-14/h2-7,9,14,18,20H,8,10-12H2,1H3,(H,19,21)/t14-/m0/s1. The zero-order valence-electron chi connectivity index (χ0n) is 13.6. The number of aromatic nitrogens is 1. The van der Waals surface area contributed by atoms with Crippen molar-refractivity contribution in [2.24, 2.45) is 0 Å². The highest BCUT2D eigenvalue weighted by Gasteiger charge is 2.16. The maximum absolute atomic E-state index is 11.4. The van der Waals surface area contributed by atoms with Gasteiger partial charge in [0.05, 0.1) is 16.6 Å². The van der Waals surface area contributed by atoms with Gasteiger partial charge in [0.2, 0.25) is 0 Å². The molecule has 0 aliphatic carbocycles. The minimum absolute atomic E-state index is 0.292. The van der Waals surface area contributed by atoms with Gasteiger partial charge in [-0.15, -0.1) is 0 Å². The van der Waals surface area contributed by atoms with E-state index in [0.29, 0.717) is 10.9 Å². The Hall–Kier alpha value is -2.12. The lowest BCUT2D eigenvalue weighted by molar-refractivity contribution is 0.601. The molecule has 0 spiro atoms. The Bertz CT molecular complexity index is 790. The minimum atomic E-state index is -3.12. The Balaban J connectivity index is 1.43. The van der Waals surface area contributed by atoms with Gasteiger partial charge in [-0.25, -0.2) is 13.4 Å². The summed E-state index contributed by atoms with van der Waals surface area (Å²) in [5.41, 5.74) is 2.16. The Kier molecular flexibility index (Phi) is 5.01. The summed E-state index contributed by atoms with van der Waals surface area (Å²) in [7, 11) is -3.12. The number of pyridine rings is 1. The molecule has 0 saturated carbocycles. The molecule has 0 amide bonds. The number of anilines is 2. The molecule has 24 heavy (non-hydrogen) atoms. The third-order valence-corrected chi connectivity index (χ3v) is 5.15. The lowest BCUT2D eigenvalue weighted by Crippen LogP contribution is -2.41. The third kappa shape index (κ3) is 4.24. The summed E-state index contributed by atoms with van der Waals surface area (Å²) in [5, 5.41) is 10.2. The smallest absolute Gasteiger partial charge is 0.175 e. The van der Waals surface area contributed by atoms with Gasteiger partial charge in [-0.2, -0.15) is 0 Å². The van der Waals surface area contributed by atoms with Crippen molar-refractivity contribution in [2.45, 2.75) is 17.4 Å². The molecule has 0 radical (unpaired) electrons. The number of hydrogen-bond acceptors (Lipinski definition) is 6. The second-order valence-corrected chi connectivity index (χ2v) is 8.01. The molecule has 0 fully saturated rings. The highest BCUT2D eigenvalue weighted by Crippen LogP contribution is 2.22. The molecular formula is C17H22N4O2S. The summed E-state index contributed by atoms with van der Waals surface area (Å²) in [6.45, 7) is 2.53. The molecule has 6 nitrogen and oxygen atoms in total. The van der Waals surface area contributed by atoms with E-state index in [1.54, 1.807) is 18.3 Å². The molecule has 2 heterocycles. The molecule has 128 valence electrons.